The van der Waals surface area contributed by atoms with Crippen LogP contribution in [0.15, 0.2) is 0 Å². The minimum atomic E-state index is 0.345. The first kappa shape index (κ1) is 16.8. The van der Waals surface area contributed by atoms with Crippen LogP contribution in [0.4, 0.5) is 11.5 Å². The number of aromatic nitrogens is 2. The number of nitrogen functional groups attached to an aromatic ring is 1. The molecule has 0 atom stereocenters. The molecule has 22 heavy (non-hydrogen) atoms. The van der Waals surface area contributed by atoms with Crippen LogP contribution in [0, 0.1) is 5.92 Å². The highest BCUT2D eigenvalue weighted by molar-refractivity contribution is 5.67. The fraction of sp³-hybridized carbons (Fsp3) is 0.750. The Bertz CT molecular complexity index is 473. The van der Waals surface area contributed by atoms with Crippen molar-refractivity contribution in [3.8, 4) is 5.88 Å². The smallest absolute Gasteiger partial charge is 0.242 e. The maximum absolute atomic E-state index is 6.20. The van der Waals surface area contributed by atoms with Gasteiger partial charge in [-0.1, -0.05) is 33.1 Å². The molecule has 0 aromatic carbocycles. The van der Waals surface area contributed by atoms with Crippen LogP contribution in [0.1, 0.15) is 51.8 Å². The normalized spacial score (nSPS) is 16.0. The Morgan fingerprint density at radius 2 is 1.95 bits per heavy atom. The quantitative estimate of drug-likeness (QED) is 0.806. The molecule has 1 saturated carbocycles. The predicted octanol–water partition coefficient (Wildman–Crippen LogP) is 2.98. The van der Waals surface area contributed by atoms with E-state index in [0.717, 1.165) is 12.8 Å². The zero-order valence-corrected chi connectivity index (χ0v) is 13.9. The monoisotopic (exact) mass is 308 g/mol. The van der Waals surface area contributed by atoms with Gasteiger partial charge in [0.05, 0.1) is 6.61 Å². The molecule has 3 N–H and O–H groups in total. The van der Waals surface area contributed by atoms with Crippen molar-refractivity contribution >= 4 is 11.5 Å². The summed E-state index contributed by atoms with van der Waals surface area (Å²) < 4.78 is 10.9. The number of nitrogens with zero attached hydrogens (tertiary/aromatic N) is 2. The van der Waals surface area contributed by atoms with Gasteiger partial charge in [-0.2, -0.15) is 4.98 Å². The molecule has 0 amide bonds. The van der Waals surface area contributed by atoms with Crippen molar-refractivity contribution in [2.45, 2.75) is 58.6 Å². The summed E-state index contributed by atoms with van der Waals surface area (Å²) in [6, 6.07) is 0.430. The SMILES string of the molecule is COCc1nc(NC2CCCCC2)c(N)c(OCC(C)C)n1. The third-order valence-corrected chi connectivity index (χ3v) is 3.73. The lowest BCUT2D eigenvalue weighted by Gasteiger charge is -2.24. The Morgan fingerprint density at radius 1 is 1.23 bits per heavy atom. The van der Waals surface area contributed by atoms with E-state index in [1.807, 2.05) is 0 Å². The first-order chi connectivity index (χ1) is 10.6. The zero-order chi connectivity index (χ0) is 15.9. The van der Waals surface area contributed by atoms with Gasteiger partial charge in [0.2, 0.25) is 5.88 Å². The van der Waals surface area contributed by atoms with Crippen LogP contribution in [0.2, 0.25) is 0 Å². The van der Waals surface area contributed by atoms with Crippen molar-refractivity contribution in [1.82, 2.24) is 9.97 Å². The molecule has 0 aliphatic heterocycles. The minimum absolute atomic E-state index is 0.345. The van der Waals surface area contributed by atoms with E-state index in [1.54, 1.807) is 7.11 Å². The fourth-order valence-corrected chi connectivity index (χ4v) is 2.59. The van der Waals surface area contributed by atoms with Crippen molar-refractivity contribution in [3.63, 3.8) is 0 Å². The van der Waals surface area contributed by atoms with E-state index in [9.17, 15) is 0 Å². The first-order valence-corrected chi connectivity index (χ1v) is 8.14. The number of nitrogens with two attached hydrogens (primary N) is 1. The molecule has 1 fully saturated rings. The Labute approximate surface area is 132 Å². The molecule has 124 valence electrons. The van der Waals surface area contributed by atoms with E-state index in [2.05, 4.69) is 29.1 Å². The van der Waals surface area contributed by atoms with Crippen LogP contribution in [-0.4, -0.2) is 29.7 Å². The van der Waals surface area contributed by atoms with Gasteiger partial charge in [-0.3, -0.25) is 0 Å². The maximum atomic E-state index is 6.20. The van der Waals surface area contributed by atoms with E-state index in [4.69, 9.17) is 15.2 Å². The second-order valence-electron chi connectivity index (χ2n) is 6.32. The minimum Gasteiger partial charge on any atom is -0.476 e. The van der Waals surface area contributed by atoms with Gasteiger partial charge in [-0.15, -0.1) is 0 Å². The molecular weight excluding hydrogens is 280 g/mol. The lowest BCUT2D eigenvalue weighted by atomic mass is 9.95. The van der Waals surface area contributed by atoms with Crippen LogP contribution in [0.5, 0.6) is 5.88 Å². The molecule has 0 radical (unpaired) electrons. The fourth-order valence-electron chi connectivity index (χ4n) is 2.59. The maximum Gasteiger partial charge on any atom is 0.242 e. The third-order valence-electron chi connectivity index (χ3n) is 3.73. The number of nitrogens with one attached hydrogen (secondary N) is 1. The average molecular weight is 308 g/mol. The predicted molar refractivity (Wildman–Crippen MR) is 88.0 cm³/mol. The topological polar surface area (TPSA) is 82.3 Å². The van der Waals surface area contributed by atoms with Crippen LogP contribution < -0.4 is 15.8 Å². The molecule has 1 aromatic heterocycles. The standard InChI is InChI=1S/C16H28N4O2/c1-11(2)9-22-16-14(17)15(19-13(20-16)10-21-3)18-12-7-5-4-6-8-12/h11-12H,4-10,17H2,1-3H3,(H,18,19,20). The van der Waals surface area contributed by atoms with Gasteiger partial charge >= 0.3 is 0 Å². The molecule has 0 unspecified atom stereocenters. The van der Waals surface area contributed by atoms with E-state index < -0.39 is 0 Å². The van der Waals surface area contributed by atoms with Crippen molar-refractivity contribution in [2.24, 2.45) is 5.92 Å². The average Bonchev–Trinajstić information content (AvgIpc) is 2.50. The number of methoxy groups -OCH3 is 1. The van der Waals surface area contributed by atoms with E-state index >= 15 is 0 Å². The molecule has 1 aliphatic carbocycles. The molecule has 0 spiro atoms. The van der Waals surface area contributed by atoms with Gasteiger partial charge < -0.3 is 20.5 Å². The summed E-state index contributed by atoms with van der Waals surface area (Å²) in [5.41, 5.74) is 6.69. The molecule has 6 heteroatoms. The Kier molecular flexibility index (Phi) is 6.24. The van der Waals surface area contributed by atoms with Crippen molar-refractivity contribution in [1.29, 1.82) is 0 Å². The number of rotatable bonds is 7. The van der Waals surface area contributed by atoms with E-state index in [1.165, 1.54) is 19.3 Å². The van der Waals surface area contributed by atoms with Crippen molar-refractivity contribution < 1.29 is 9.47 Å². The summed E-state index contributed by atoms with van der Waals surface area (Å²) in [5, 5.41) is 3.46. The van der Waals surface area contributed by atoms with Crippen molar-refractivity contribution in [3.05, 3.63) is 5.82 Å². The second kappa shape index (κ2) is 8.17. The summed E-state index contributed by atoms with van der Waals surface area (Å²) >= 11 is 0. The van der Waals surface area contributed by atoms with Gasteiger partial charge in [0.25, 0.3) is 0 Å². The molecule has 1 aromatic rings. The summed E-state index contributed by atoms with van der Waals surface area (Å²) in [6.45, 7) is 5.11. The van der Waals surface area contributed by atoms with Gasteiger partial charge in [0, 0.05) is 13.2 Å². The highest BCUT2D eigenvalue weighted by atomic mass is 16.5. The number of ether oxygens (including phenoxy) is 2. The first-order valence-electron chi connectivity index (χ1n) is 8.14. The number of hydrogen-bond donors (Lipinski definition) is 2. The molecule has 2 rings (SSSR count). The van der Waals surface area contributed by atoms with E-state index in [0.29, 0.717) is 48.4 Å². The van der Waals surface area contributed by atoms with Crippen LogP contribution in [-0.2, 0) is 11.3 Å². The van der Waals surface area contributed by atoms with Gasteiger partial charge in [0.15, 0.2) is 11.6 Å². The number of hydrogen-bond acceptors (Lipinski definition) is 6. The highest BCUT2D eigenvalue weighted by Crippen LogP contribution is 2.29. The molecule has 1 heterocycles. The Balaban J connectivity index is 2.17. The Hall–Kier alpha value is -1.56. The molecular formula is C16H28N4O2. The summed E-state index contributed by atoms with van der Waals surface area (Å²) in [7, 11) is 1.63. The van der Waals surface area contributed by atoms with Gasteiger partial charge in [-0.25, -0.2) is 4.98 Å². The van der Waals surface area contributed by atoms with Crippen LogP contribution >= 0.6 is 0 Å². The van der Waals surface area contributed by atoms with Crippen molar-refractivity contribution in [2.75, 3.05) is 24.8 Å². The van der Waals surface area contributed by atoms with Gasteiger partial charge in [-0.05, 0) is 18.8 Å². The molecule has 0 saturated heterocycles. The van der Waals surface area contributed by atoms with Gasteiger partial charge in [0.1, 0.15) is 12.3 Å². The molecule has 6 nitrogen and oxygen atoms in total. The molecule has 0 bridgehead atoms. The summed E-state index contributed by atoms with van der Waals surface area (Å²) in [4.78, 5) is 8.86. The zero-order valence-electron chi connectivity index (χ0n) is 13.9. The lowest BCUT2D eigenvalue weighted by Crippen LogP contribution is -2.24. The third kappa shape index (κ3) is 4.73. The summed E-state index contributed by atoms with van der Waals surface area (Å²) in [5.74, 6) is 2.13. The number of anilines is 2. The largest absolute Gasteiger partial charge is 0.476 e. The van der Waals surface area contributed by atoms with Crippen LogP contribution in [0.25, 0.3) is 0 Å². The van der Waals surface area contributed by atoms with Crippen LogP contribution in [0.3, 0.4) is 0 Å². The summed E-state index contributed by atoms with van der Waals surface area (Å²) in [6.07, 6.45) is 6.14. The van der Waals surface area contributed by atoms with E-state index in [-0.39, 0.29) is 0 Å². The lowest BCUT2D eigenvalue weighted by molar-refractivity contribution is 0.176. The Morgan fingerprint density at radius 3 is 2.59 bits per heavy atom. The molecule has 1 aliphatic rings. The highest BCUT2D eigenvalue weighted by Gasteiger charge is 2.18. The second-order valence-corrected chi connectivity index (χ2v) is 6.32.